The smallest absolute Gasteiger partial charge is 0.310 e. The highest BCUT2D eigenvalue weighted by Crippen LogP contribution is 2.28. The molecule has 6 nitrogen and oxygen atoms in total. The molecule has 80 valence electrons. The van der Waals surface area contributed by atoms with Gasteiger partial charge in [-0.25, -0.2) is 0 Å². The summed E-state index contributed by atoms with van der Waals surface area (Å²) in [6.07, 6.45) is 3.73. The Morgan fingerprint density at radius 2 is 2.33 bits per heavy atom. The second-order valence-corrected chi connectivity index (χ2v) is 3.62. The zero-order valence-electron chi connectivity index (χ0n) is 7.96. The molecule has 0 aliphatic heterocycles. The van der Waals surface area contributed by atoms with Gasteiger partial charge in [0.1, 0.15) is 11.9 Å². The lowest BCUT2D eigenvalue weighted by Gasteiger charge is -2.32. The van der Waals surface area contributed by atoms with E-state index in [-0.39, 0.29) is 17.8 Å². The first-order valence-electron chi connectivity index (χ1n) is 4.70. The Morgan fingerprint density at radius 1 is 1.60 bits per heavy atom. The van der Waals surface area contributed by atoms with Crippen molar-refractivity contribution in [1.82, 2.24) is 4.98 Å². The summed E-state index contributed by atoms with van der Waals surface area (Å²) in [5, 5.41) is 22.8. The molecule has 0 atom stereocenters. The molecule has 6 heteroatoms. The van der Waals surface area contributed by atoms with Crippen LogP contribution in [-0.2, 0) is 0 Å². The molecule has 0 unspecified atom stereocenters. The number of nitrogens with one attached hydrogen (secondary N) is 1. The molecular weight excluding hydrogens is 198 g/mol. The highest BCUT2D eigenvalue weighted by Gasteiger charge is 2.28. The van der Waals surface area contributed by atoms with E-state index in [2.05, 4.69) is 10.3 Å². The molecule has 15 heavy (non-hydrogen) atoms. The van der Waals surface area contributed by atoms with Gasteiger partial charge in [0.05, 0.1) is 11.0 Å². The van der Waals surface area contributed by atoms with Crippen molar-refractivity contribution < 1.29 is 10.0 Å². The highest BCUT2D eigenvalue weighted by molar-refractivity contribution is 5.60. The zero-order chi connectivity index (χ0) is 10.8. The summed E-state index contributed by atoms with van der Waals surface area (Å²) in [7, 11) is 0. The van der Waals surface area contributed by atoms with Crippen LogP contribution in [0, 0.1) is 10.1 Å². The summed E-state index contributed by atoms with van der Waals surface area (Å²) >= 11 is 0. The van der Waals surface area contributed by atoms with Gasteiger partial charge in [-0.3, -0.25) is 15.1 Å². The van der Waals surface area contributed by atoms with Crippen molar-refractivity contribution in [2.75, 3.05) is 5.32 Å². The van der Waals surface area contributed by atoms with Crippen LogP contribution in [0.2, 0.25) is 0 Å². The van der Waals surface area contributed by atoms with Gasteiger partial charge in [-0.15, -0.1) is 0 Å². The predicted molar refractivity (Wildman–Crippen MR) is 53.5 cm³/mol. The van der Waals surface area contributed by atoms with Gasteiger partial charge in [-0.2, -0.15) is 0 Å². The van der Waals surface area contributed by atoms with E-state index >= 15 is 0 Å². The first kappa shape index (κ1) is 9.85. The van der Waals surface area contributed by atoms with Gasteiger partial charge < -0.3 is 10.4 Å². The van der Waals surface area contributed by atoms with E-state index in [1.165, 1.54) is 12.4 Å². The Morgan fingerprint density at radius 3 is 2.93 bits per heavy atom. The number of pyridine rings is 1. The molecule has 0 bridgehead atoms. The number of aromatic nitrogens is 1. The minimum Gasteiger partial charge on any atom is -0.393 e. The molecule has 0 saturated heterocycles. The van der Waals surface area contributed by atoms with Gasteiger partial charge in [0.15, 0.2) is 0 Å². The molecule has 1 heterocycles. The molecule has 1 aromatic heterocycles. The molecule has 1 aromatic rings. The van der Waals surface area contributed by atoms with E-state index in [1.54, 1.807) is 6.07 Å². The number of nitro groups is 1. The average molecular weight is 209 g/mol. The fraction of sp³-hybridized carbons (Fsp3) is 0.444. The summed E-state index contributed by atoms with van der Waals surface area (Å²) in [5.41, 5.74) is 0.436. The first-order chi connectivity index (χ1) is 7.16. The third kappa shape index (κ3) is 2.04. The number of hydrogen-bond acceptors (Lipinski definition) is 5. The van der Waals surface area contributed by atoms with Crippen LogP contribution in [0.15, 0.2) is 18.5 Å². The Bertz CT molecular complexity index is 377. The van der Waals surface area contributed by atoms with E-state index in [1.807, 2.05) is 0 Å². The molecule has 1 aliphatic rings. The fourth-order valence-electron chi connectivity index (χ4n) is 1.58. The SMILES string of the molecule is O=[N+]([O-])c1cnccc1NC1CC(O)C1. The van der Waals surface area contributed by atoms with Crippen molar-refractivity contribution in [1.29, 1.82) is 0 Å². The molecule has 0 amide bonds. The number of aliphatic hydroxyl groups is 1. The Hall–Kier alpha value is -1.69. The van der Waals surface area contributed by atoms with Crippen LogP contribution in [0.3, 0.4) is 0 Å². The topological polar surface area (TPSA) is 88.3 Å². The summed E-state index contributed by atoms with van der Waals surface area (Å²) in [4.78, 5) is 13.9. The molecule has 2 rings (SSSR count). The number of anilines is 1. The minimum absolute atomic E-state index is 0.0288. The van der Waals surface area contributed by atoms with Crippen LogP contribution in [0.4, 0.5) is 11.4 Å². The maximum absolute atomic E-state index is 10.7. The van der Waals surface area contributed by atoms with Crippen molar-refractivity contribution in [3.8, 4) is 0 Å². The second-order valence-electron chi connectivity index (χ2n) is 3.62. The van der Waals surface area contributed by atoms with Crippen molar-refractivity contribution >= 4 is 11.4 Å². The molecule has 2 N–H and O–H groups in total. The van der Waals surface area contributed by atoms with E-state index in [0.29, 0.717) is 18.5 Å². The molecule has 0 aromatic carbocycles. The number of aliphatic hydroxyl groups excluding tert-OH is 1. The number of hydrogen-bond donors (Lipinski definition) is 2. The van der Waals surface area contributed by atoms with Gasteiger partial charge in [-0.05, 0) is 18.9 Å². The average Bonchev–Trinajstić information content (AvgIpc) is 2.16. The van der Waals surface area contributed by atoms with E-state index in [0.717, 1.165) is 0 Å². The molecule has 0 spiro atoms. The van der Waals surface area contributed by atoms with Gasteiger partial charge in [-0.1, -0.05) is 0 Å². The van der Waals surface area contributed by atoms with E-state index < -0.39 is 4.92 Å². The first-order valence-corrected chi connectivity index (χ1v) is 4.70. The molecule has 1 aliphatic carbocycles. The number of nitrogens with zero attached hydrogens (tertiary/aromatic N) is 2. The molecule has 1 fully saturated rings. The summed E-state index contributed by atoms with van der Waals surface area (Å²) in [6.45, 7) is 0. The fourth-order valence-corrected chi connectivity index (χ4v) is 1.58. The summed E-state index contributed by atoms with van der Waals surface area (Å²) in [6, 6.07) is 1.70. The van der Waals surface area contributed by atoms with Crippen molar-refractivity contribution in [3.63, 3.8) is 0 Å². The van der Waals surface area contributed by atoms with Crippen LogP contribution in [0.1, 0.15) is 12.8 Å². The van der Waals surface area contributed by atoms with Gasteiger partial charge in [0.25, 0.3) is 0 Å². The molecule has 0 radical (unpaired) electrons. The minimum atomic E-state index is -0.468. The predicted octanol–water partition coefficient (Wildman–Crippen LogP) is 0.925. The second kappa shape index (κ2) is 3.82. The maximum atomic E-state index is 10.7. The van der Waals surface area contributed by atoms with Gasteiger partial charge in [0, 0.05) is 12.2 Å². The van der Waals surface area contributed by atoms with Crippen LogP contribution in [-0.4, -0.2) is 27.2 Å². The Kier molecular flexibility index (Phi) is 2.51. The lowest BCUT2D eigenvalue weighted by atomic mass is 9.89. The Balaban J connectivity index is 2.10. The van der Waals surface area contributed by atoms with Gasteiger partial charge >= 0.3 is 5.69 Å². The summed E-state index contributed by atoms with van der Waals surface area (Å²) in [5.74, 6) is 0. The summed E-state index contributed by atoms with van der Waals surface area (Å²) < 4.78 is 0. The molecule has 1 saturated carbocycles. The van der Waals surface area contributed by atoms with Crippen LogP contribution in [0.5, 0.6) is 0 Å². The lowest BCUT2D eigenvalue weighted by Crippen LogP contribution is -2.39. The largest absolute Gasteiger partial charge is 0.393 e. The van der Waals surface area contributed by atoms with E-state index in [9.17, 15) is 10.1 Å². The number of rotatable bonds is 3. The van der Waals surface area contributed by atoms with Gasteiger partial charge in [0.2, 0.25) is 0 Å². The van der Waals surface area contributed by atoms with Crippen molar-refractivity contribution in [2.45, 2.75) is 25.0 Å². The quantitative estimate of drug-likeness (QED) is 0.571. The van der Waals surface area contributed by atoms with Crippen LogP contribution in [0.25, 0.3) is 0 Å². The monoisotopic (exact) mass is 209 g/mol. The third-order valence-corrected chi connectivity index (χ3v) is 2.47. The van der Waals surface area contributed by atoms with Crippen molar-refractivity contribution in [2.24, 2.45) is 0 Å². The lowest BCUT2D eigenvalue weighted by molar-refractivity contribution is -0.384. The maximum Gasteiger partial charge on any atom is 0.310 e. The highest BCUT2D eigenvalue weighted by atomic mass is 16.6. The van der Waals surface area contributed by atoms with Crippen molar-refractivity contribution in [3.05, 3.63) is 28.6 Å². The van der Waals surface area contributed by atoms with Crippen LogP contribution >= 0.6 is 0 Å². The zero-order valence-corrected chi connectivity index (χ0v) is 7.96. The molecular formula is C9H11N3O3. The Labute approximate surface area is 86.1 Å². The normalized spacial score (nSPS) is 24.3. The standard InChI is InChI=1S/C9H11N3O3/c13-7-3-6(4-7)11-8-1-2-10-5-9(8)12(14)15/h1-2,5-7,13H,3-4H2,(H,10,11). The third-order valence-electron chi connectivity index (χ3n) is 2.47. The van der Waals surface area contributed by atoms with Crippen LogP contribution < -0.4 is 5.32 Å². The van der Waals surface area contributed by atoms with E-state index in [4.69, 9.17) is 5.11 Å².